The zero-order chi connectivity index (χ0) is 34.2. The van der Waals surface area contributed by atoms with Crippen LogP contribution >= 0.6 is 0 Å². The first-order chi connectivity index (χ1) is 25.1. The Hall–Kier alpha value is -6.18. The summed E-state index contributed by atoms with van der Waals surface area (Å²) in [5.74, 6) is 0. The van der Waals surface area contributed by atoms with E-state index in [1.54, 1.807) is 0 Å². The van der Waals surface area contributed by atoms with Gasteiger partial charge in [-0.2, -0.15) is 0 Å². The Morgan fingerprint density at radius 1 is 0.412 bits per heavy atom. The fourth-order valence-corrected chi connectivity index (χ4v) is 9.46. The maximum Gasteiger partial charge on any atom is 0.0714 e. The van der Waals surface area contributed by atoms with Crippen molar-refractivity contribution in [3.8, 4) is 22.3 Å². The first kappa shape index (κ1) is 29.7. The van der Waals surface area contributed by atoms with Gasteiger partial charge in [0.1, 0.15) is 0 Å². The lowest BCUT2D eigenvalue weighted by Crippen LogP contribution is -2.28. The molecule has 0 saturated heterocycles. The summed E-state index contributed by atoms with van der Waals surface area (Å²) in [6.07, 6.45) is 0. The first-order valence-electron chi connectivity index (χ1n) is 18.0. The highest BCUT2D eigenvalue weighted by Gasteiger charge is 2.48. The summed E-state index contributed by atoms with van der Waals surface area (Å²) in [5.41, 5.74) is 16.0. The molecule has 2 aliphatic rings. The van der Waals surface area contributed by atoms with Crippen LogP contribution in [-0.4, -0.2) is 0 Å². The van der Waals surface area contributed by atoms with Gasteiger partial charge in [0.2, 0.25) is 0 Å². The summed E-state index contributed by atoms with van der Waals surface area (Å²) in [6, 6.07) is 69.6. The van der Waals surface area contributed by atoms with Crippen molar-refractivity contribution >= 4 is 27.8 Å². The van der Waals surface area contributed by atoms with Gasteiger partial charge in [0.25, 0.3) is 0 Å². The number of nitrogens with zero attached hydrogens (tertiary/aromatic N) is 1. The highest BCUT2D eigenvalue weighted by atomic mass is 15.1. The molecule has 1 heteroatoms. The van der Waals surface area contributed by atoms with Crippen LogP contribution < -0.4 is 4.90 Å². The summed E-state index contributed by atoms with van der Waals surface area (Å²) in [6.45, 7) is 4.79. The lowest BCUT2D eigenvalue weighted by atomic mass is 9.68. The molecule has 0 aliphatic heterocycles. The van der Waals surface area contributed by atoms with Gasteiger partial charge in [0.05, 0.1) is 16.8 Å². The Kier molecular flexibility index (Phi) is 6.51. The average molecular weight is 652 g/mol. The van der Waals surface area contributed by atoms with Gasteiger partial charge in [0, 0.05) is 22.2 Å². The first-order valence-corrected chi connectivity index (χ1v) is 18.0. The molecular formula is C50H37N. The molecule has 0 unspecified atom stereocenters. The van der Waals surface area contributed by atoms with Crippen LogP contribution in [0.4, 0.5) is 17.1 Å². The van der Waals surface area contributed by atoms with E-state index in [1.807, 2.05) is 0 Å². The average Bonchev–Trinajstić information content (AvgIpc) is 3.63. The molecule has 0 aromatic heterocycles. The standard InChI is InChI=1S/C50H37N/c1-49(2)41-29-16-14-27-39(41)47-45(33-34-19-12-13-26-38(34)48(47)49)51(37-24-10-5-11-25-37)44-32-18-31-43-46(44)40-28-15-17-30-42(40)50(43,35-20-6-3-7-21-35)36-22-8-4-9-23-36/h3-33H,1-2H3. The van der Waals surface area contributed by atoms with Crippen LogP contribution in [0.25, 0.3) is 33.0 Å². The number of anilines is 3. The second-order valence-electron chi connectivity index (χ2n) is 14.4. The Labute approximate surface area is 300 Å². The highest BCUT2D eigenvalue weighted by Crippen LogP contribution is 2.61. The zero-order valence-corrected chi connectivity index (χ0v) is 28.8. The van der Waals surface area contributed by atoms with E-state index in [-0.39, 0.29) is 5.41 Å². The summed E-state index contributed by atoms with van der Waals surface area (Å²) in [7, 11) is 0. The number of benzene rings is 8. The van der Waals surface area contributed by atoms with Crippen molar-refractivity contribution in [2.75, 3.05) is 4.90 Å². The fraction of sp³-hybridized carbons (Fsp3) is 0.0800. The summed E-state index contributed by atoms with van der Waals surface area (Å²) < 4.78 is 0. The van der Waals surface area contributed by atoms with Crippen LogP contribution in [0.1, 0.15) is 47.2 Å². The molecule has 51 heavy (non-hydrogen) atoms. The van der Waals surface area contributed by atoms with Gasteiger partial charge in [-0.15, -0.1) is 0 Å². The lowest BCUT2D eigenvalue weighted by Gasteiger charge is -2.35. The fourth-order valence-electron chi connectivity index (χ4n) is 9.46. The SMILES string of the molecule is CC1(C)c2ccccc2-c2c(N(c3ccccc3)c3cccc4c3-c3ccccc3C4(c3ccccc3)c3ccccc3)cc3ccccc3c21. The minimum absolute atomic E-state index is 0.162. The molecule has 0 fully saturated rings. The second kappa shape index (κ2) is 11.2. The summed E-state index contributed by atoms with van der Waals surface area (Å²) in [4.78, 5) is 2.55. The van der Waals surface area contributed by atoms with Crippen molar-refractivity contribution in [3.63, 3.8) is 0 Å². The van der Waals surface area contributed by atoms with Gasteiger partial charge in [-0.3, -0.25) is 0 Å². The predicted octanol–water partition coefficient (Wildman–Crippen LogP) is 13.0. The number of hydrogen-bond acceptors (Lipinski definition) is 1. The molecule has 8 aromatic carbocycles. The van der Waals surface area contributed by atoms with Gasteiger partial charge in [-0.1, -0.05) is 178 Å². The molecule has 242 valence electrons. The minimum Gasteiger partial charge on any atom is -0.309 e. The van der Waals surface area contributed by atoms with Crippen LogP contribution in [0.3, 0.4) is 0 Å². The van der Waals surface area contributed by atoms with E-state index in [9.17, 15) is 0 Å². The zero-order valence-electron chi connectivity index (χ0n) is 28.8. The number of rotatable bonds is 5. The predicted molar refractivity (Wildman–Crippen MR) is 213 cm³/mol. The van der Waals surface area contributed by atoms with Gasteiger partial charge < -0.3 is 4.90 Å². The van der Waals surface area contributed by atoms with Crippen LogP contribution in [0.5, 0.6) is 0 Å². The van der Waals surface area contributed by atoms with Crippen molar-refractivity contribution in [1.82, 2.24) is 0 Å². The van der Waals surface area contributed by atoms with Gasteiger partial charge in [0.15, 0.2) is 0 Å². The van der Waals surface area contributed by atoms with E-state index in [0.717, 1.165) is 5.69 Å². The Bertz CT molecular complexity index is 2560. The van der Waals surface area contributed by atoms with Crippen molar-refractivity contribution in [1.29, 1.82) is 0 Å². The van der Waals surface area contributed by atoms with Crippen LogP contribution in [0.2, 0.25) is 0 Å². The molecule has 0 radical (unpaired) electrons. The third-order valence-electron chi connectivity index (χ3n) is 11.5. The quantitative estimate of drug-likeness (QED) is 0.179. The molecule has 0 bridgehead atoms. The van der Waals surface area contributed by atoms with Gasteiger partial charge >= 0.3 is 0 Å². The smallest absolute Gasteiger partial charge is 0.0714 e. The topological polar surface area (TPSA) is 3.24 Å². The number of fused-ring (bicyclic) bond motifs is 8. The molecule has 0 N–H and O–H groups in total. The maximum atomic E-state index is 2.55. The molecule has 8 aromatic rings. The van der Waals surface area contributed by atoms with E-state index in [1.165, 1.54) is 77.8 Å². The normalized spacial score (nSPS) is 14.4. The monoisotopic (exact) mass is 651 g/mol. The van der Waals surface area contributed by atoms with Crippen molar-refractivity contribution in [3.05, 3.63) is 221 Å². The molecule has 0 saturated carbocycles. The van der Waals surface area contributed by atoms with E-state index in [2.05, 4.69) is 207 Å². The van der Waals surface area contributed by atoms with Crippen LogP contribution in [-0.2, 0) is 10.8 Å². The van der Waals surface area contributed by atoms with E-state index < -0.39 is 5.41 Å². The van der Waals surface area contributed by atoms with Crippen molar-refractivity contribution in [2.24, 2.45) is 0 Å². The largest absolute Gasteiger partial charge is 0.309 e. The Morgan fingerprint density at radius 2 is 0.941 bits per heavy atom. The van der Waals surface area contributed by atoms with Gasteiger partial charge in [-0.05, 0) is 79.5 Å². The summed E-state index contributed by atoms with van der Waals surface area (Å²) >= 11 is 0. The van der Waals surface area contributed by atoms with Crippen molar-refractivity contribution in [2.45, 2.75) is 24.7 Å². The second-order valence-corrected chi connectivity index (χ2v) is 14.4. The van der Waals surface area contributed by atoms with Crippen LogP contribution in [0.15, 0.2) is 188 Å². The van der Waals surface area contributed by atoms with E-state index in [4.69, 9.17) is 0 Å². The van der Waals surface area contributed by atoms with Crippen molar-refractivity contribution < 1.29 is 0 Å². The van der Waals surface area contributed by atoms with Gasteiger partial charge in [-0.25, -0.2) is 0 Å². The molecule has 0 atom stereocenters. The maximum absolute atomic E-state index is 2.55. The number of para-hydroxylation sites is 1. The number of hydrogen-bond donors (Lipinski definition) is 0. The molecular weight excluding hydrogens is 615 g/mol. The van der Waals surface area contributed by atoms with E-state index >= 15 is 0 Å². The lowest BCUT2D eigenvalue weighted by molar-refractivity contribution is 0.666. The molecule has 0 heterocycles. The molecule has 0 spiro atoms. The third kappa shape index (κ3) is 4.09. The van der Waals surface area contributed by atoms with E-state index in [0.29, 0.717) is 0 Å². The molecule has 0 amide bonds. The molecule has 10 rings (SSSR count). The highest BCUT2D eigenvalue weighted by molar-refractivity contribution is 6.07. The molecule has 1 nitrogen and oxygen atoms in total. The third-order valence-corrected chi connectivity index (χ3v) is 11.5. The minimum atomic E-state index is -0.479. The summed E-state index contributed by atoms with van der Waals surface area (Å²) in [5, 5.41) is 2.57. The Morgan fingerprint density at radius 3 is 1.63 bits per heavy atom. The molecule has 2 aliphatic carbocycles. The Balaban J connectivity index is 1.35. The van der Waals surface area contributed by atoms with Crippen LogP contribution in [0, 0.1) is 0 Å².